The average molecular weight is 482 g/mol. The van der Waals surface area contributed by atoms with Crippen molar-refractivity contribution in [2.75, 3.05) is 0 Å². The van der Waals surface area contributed by atoms with Gasteiger partial charge >= 0.3 is 11.7 Å². The fourth-order valence-electron chi connectivity index (χ4n) is 3.70. The summed E-state index contributed by atoms with van der Waals surface area (Å²) in [5.41, 5.74) is 1.15. The molecule has 0 saturated heterocycles. The molecule has 7 heteroatoms. The van der Waals surface area contributed by atoms with E-state index in [1.807, 2.05) is 31.2 Å². The van der Waals surface area contributed by atoms with Crippen molar-refractivity contribution in [1.82, 2.24) is 5.32 Å². The first-order valence-electron chi connectivity index (χ1n) is 12.1. The number of carboxylic acid groups (broad SMARTS) is 1. The van der Waals surface area contributed by atoms with Gasteiger partial charge in [0.2, 0.25) is 0 Å². The van der Waals surface area contributed by atoms with Crippen LogP contribution in [-0.2, 0) is 6.42 Å². The minimum Gasteiger partial charge on any atom is -0.507 e. The van der Waals surface area contributed by atoms with E-state index in [2.05, 4.69) is 12.2 Å². The maximum absolute atomic E-state index is 12.9. The molecule has 0 spiro atoms. The van der Waals surface area contributed by atoms with Crippen molar-refractivity contribution in [3.05, 3.63) is 81.1 Å². The van der Waals surface area contributed by atoms with Crippen molar-refractivity contribution >= 4 is 18.0 Å². The van der Waals surface area contributed by atoms with Crippen LogP contribution in [0.25, 0.3) is 6.08 Å². The molecule has 0 aliphatic carbocycles. The number of allylic oxidation sites excluding steroid dienone is 2. The molecule has 1 atom stereocenters. The molecule has 1 aromatic heterocycles. The van der Waals surface area contributed by atoms with Crippen LogP contribution in [0.1, 0.15) is 92.5 Å². The van der Waals surface area contributed by atoms with Gasteiger partial charge in [-0.15, -0.1) is 0 Å². The third kappa shape index (κ3) is 8.92. The normalized spacial score (nSPS) is 12.6. The van der Waals surface area contributed by atoms with Crippen LogP contribution in [0.5, 0.6) is 5.75 Å². The van der Waals surface area contributed by atoms with E-state index in [9.17, 15) is 19.5 Å². The lowest BCUT2D eigenvalue weighted by atomic mass is 9.99. The lowest BCUT2D eigenvalue weighted by Crippen LogP contribution is -2.16. The first kappa shape index (κ1) is 27.6. The largest absolute Gasteiger partial charge is 0.507 e. The van der Waals surface area contributed by atoms with Crippen LogP contribution in [0.4, 0.5) is 4.79 Å². The van der Waals surface area contributed by atoms with Crippen LogP contribution >= 0.6 is 0 Å². The Morgan fingerprint density at radius 3 is 2.49 bits per heavy atom. The van der Waals surface area contributed by atoms with Gasteiger partial charge in [0.15, 0.2) is 5.78 Å². The highest BCUT2D eigenvalue weighted by atomic mass is 16.4. The molecular formula is C28H35NO6. The number of hydrogen-bond donors (Lipinski definition) is 3. The highest BCUT2D eigenvalue weighted by molar-refractivity contribution is 6.12. The first-order chi connectivity index (χ1) is 16.7. The van der Waals surface area contributed by atoms with Crippen molar-refractivity contribution in [2.45, 2.75) is 71.6 Å². The molecule has 2 rings (SSSR count). The molecule has 2 aromatic rings. The van der Waals surface area contributed by atoms with E-state index in [0.717, 1.165) is 18.4 Å². The van der Waals surface area contributed by atoms with Gasteiger partial charge in [-0.25, -0.2) is 9.59 Å². The summed E-state index contributed by atoms with van der Waals surface area (Å²) in [5.74, 6) is -0.947. The lowest BCUT2D eigenvalue weighted by molar-refractivity contribution is 0.102. The van der Waals surface area contributed by atoms with Crippen LogP contribution in [0, 0.1) is 0 Å². The summed E-state index contributed by atoms with van der Waals surface area (Å²) in [7, 11) is 0. The Morgan fingerprint density at radius 2 is 1.86 bits per heavy atom. The number of nitrogens with one attached hydrogen (secondary N) is 1. The number of ketones is 1. The lowest BCUT2D eigenvalue weighted by Gasteiger charge is -2.11. The number of hydrogen-bond acceptors (Lipinski definition) is 5. The molecule has 1 aromatic carbocycles. The molecule has 0 radical (unpaired) electrons. The molecule has 35 heavy (non-hydrogen) atoms. The second kappa shape index (κ2) is 13.9. The molecule has 7 nitrogen and oxygen atoms in total. The number of aryl methyl sites for hydroxylation is 1. The molecule has 0 bridgehead atoms. The first-order valence-corrected chi connectivity index (χ1v) is 12.1. The molecule has 1 heterocycles. The number of Topliss-reactive ketones (excluding diaryl/α,β-unsaturated/α-hetero) is 1. The third-order valence-corrected chi connectivity index (χ3v) is 5.79. The second-order valence-corrected chi connectivity index (χ2v) is 8.74. The van der Waals surface area contributed by atoms with E-state index in [0.29, 0.717) is 18.4 Å². The third-order valence-electron chi connectivity index (χ3n) is 5.79. The Kier molecular flexibility index (Phi) is 11.0. The van der Waals surface area contributed by atoms with Gasteiger partial charge < -0.3 is 14.6 Å². The van der Waals surface area contributed by atoms with Gasteiger partial charge in [0.25, 0.3) is 0 Å². The van der Waals surface area contributed by atoms with E-state index in [4.69, 9.17) is 9.52 Å². The minimum atomic E-state index is -1.15. The molecular weight excluding hydrogens is 446 g/mol. The van der Waals surface area contributed by atoms with E-state index >= 15 is 0 Å². The predicted molar refractivity (Wildman–Crippen MR) is 137 cm³/mol. The molecule has 0 aliphatic heterocycles. The van der Waals surface area contributed by atoms with Crippen LogP contribution in [0.2, 0.25) is 0 Å². The fourth-order valence-corrected chi connectivity index (χ4v) is 3.70. The van der Waals surface area contributed by atoms with Gasteiger partial charge in [0.05, 0.1) is 0 Å². The quantitative estimate of drug-likeness (QED) is 0.173. The zero-order valence-corrected chi connectivity index (χ0v) is 20.7. The van der Waals surface area contributed by atoms with E-state index < -0.39 is 23.3 Å². The van der Waals surface area contributed by atoms with Gasteiger partial charge in [0, 0.05) is 18.2 Å². The fraction of sp³-hybridized carbons (Fsp3) is 0.393. The standard InChI is InChI=1S/C28H35NO6/c1-4-5-6-7-11-21-12-14-22(15-13-21)17-20(3)26(31)25-23(30)18-24(35-27(25)32)19(2)10-8-9-16-29-28(33)34/h9,12-19,29-30H,4-8,10-11H2,1-3H3,(H,33,34)/b16-9?,20-17+. The second-order valence-electron chi connectivity index (χ2n) is 8.74. The smallest absolute Gasteiger partial charge is 0.408 e. The Hall–Kier alpha value is -3.61. The minimum absolute atomic E-state index is 0.218. The van der Waals surface area contributed by atoms with Crippen LogP contribution in [0.3, 0.4) is 0 Å². The summed E-state index contributed by atoms with van der Waals surface area (Å²) >= 11 is 0. The Balaban J connectivity index is 2.07. The summed E-state index contributed by atoms with van der Waals surface area (Å²) in [5, 5.41) is 21.1. The van der Waals surface area contributed by atoms with E-state index in [-0.39, 0.29) is 17.2 Å². The van der Waals surface area contributed by atoms with Crippen LogP contribution in [0.15, 0.2) is 57.4 Å². The number of aromatic hydroxyl groups is 1. The zero-order valence-electron chi connectivity index (χ0n) is 20.7. The molecule has 0 fully saturated rings. The molecule has 188 valence electrons. The molecule has 0 aliphatic rings. The van der Waals surface area contributed by atoms with Gasteiger partial charge in [-0.3, -0.25) is 10.1 Å². The molecule has 1 unspecified atom stereocenters. The monoisotopic (exact) mass is 481 g/mol. The predicted octanol–water partition coefficient (Wildman–Crippen LogP) is 6.42. The highest BCUT2D eigenvalue weighted by Crippen LogP contribution is 2.26. The van der Waals surface area contributed by atoms with Crippen molar-refractivity contribution in [3.63, 3.8) is 0 Å². The van der Waals surface area contributed by atoms with E-state index in [1.54, 1.807) is 19.1 Å². The number of amides is 1. The maximum Gasteiger partial charge on any atom is 0.408 e. The average Bonchev–Trinajstić information content (AvgIpc) is 2.81. The summed E-state index contributed by atoms with van der Waals surface area (Å²) in [6.45, 7) is 5.61. The maximum atomic E-state index is 12.9. The van der Waals surface area contributed by atoms with Crippen molar-refractivity contribution in [3.8, 4) is 5.75 Å². The van der Waals surface area contributed by atoms with Gasteiger partial charge in [0.1, 0.15) is 17.1 Å². The highest BCUT2D eigenvalue weighted by Gasteiger charge is 2.22. The van der Waals surface area contributed by atoms with Crippen molar-refractivity contribution in [2.24, 2.45) is 0 Å². The van der Waals surface area contributed by atoms with Gasteiger partial charge in [-0.1, -0.05) is 63.5 Å². The molecule has 3 N–H and O–H groups in total. The number of rotatable bonds is 13. The Morgan fingerprint density at radius 1 is 1.14 bits per heavy atom. The summed E-state index contributed by atoms with van der Waals surface area (Å²) in [6.07, 6.45) is 10.4. The Bertz CT molecular complexity index is 1110. The summed E-state index contributed by atoms with van der Waals surface area (Å²) < 4.78 is 5.34. The zero-order chi connectivity index (χ0) is 25.8. The van der Waals surface area contributed by atoms with Crippen LogP contribution in [-0.4, -0.2) is 22.1 Å². The molecule has 0 saturated carbocycles. The number of carbonyl (C=O) groups excluding carboxylic acids is 1. The summed E-state index contributed by atoms with van der Waals surface area (Å²) in [6, 6.07) is 9.28. The Labute approximate surface area is 206 Å². The van der Waals surface area contributed by atoms with Crippen molar-refractivity contribution in [1.29, 1.82) is 0 Å². The summed E-state index contributed by atoms with van der Waals surface area (Å²) in [4.78, 5) is 35.9. The number of unbranched alkanes of at least 4 members (excludes halogenated alkanes) is 3. The van der Waals surface area contributed by atoms with E-state index in [1.165, 1.54) is 37.1 Å². The van der Waals surface area contributed by atoms with Crippen LogP contribution < -0.4 is 10.9 Å². The van der Waals surface area contributed by atoms with Gasteiger partial charge in [-0.2, -0.15) is 0 Å². The van der Waals surface area contributed by atoms with Gasteiger partial charge in [-0.05, 0) is 55.4 Å². The number of benzene rings is 1. The molecule has 1 amide bonds. The number of carbonyl (C=O) groups is 2. The van der Waals surface area contributed by atoms with Crippen molar-refractivity contribution < 1.29 is 24.2 Å². The SMILES string of the molecule is CCCCCCc1ccc(/C=C(\C)C(=O)c2c(O)cc(C(C)CCC=CNC(=O)O)oc2=O)cc1. The topological polar surface area (TPSA) is 117 Å².